The lowest BCUT2D eigenvalue weighted by atomic mass is 10.1. The molecule has 9 heteroatoms. The molecule has 0 aromatic heterocycles. The monoisotopic (exact) mass is 540 g/mol. The van der Waals surface area contributed by atoms with Crippen LogP contribution in [0, 0.1) is 0 Å². The second kappa shape index (κ2) is 10.5. The molecule has 6 nitrogen and oxygen atoms in total. The van der Waals surface area contributed by atoms with Crippen molar-refractivity contribution in [2.75, 3.05) is 19.3 Å². The van der Waals surface area contributed by atoms with Crippen molar-refractivity contribution in [3.63, 3.8) is 0 Å². The lowest BCUT2D eigenvalue weighted by Crippen LogP contribution is -2.44. The molecule has 0 spiro atoms. The highest BCUT2D eigenvalue weighted by Gasteiger charge is 2.29. The summed E-state index contributed by atoms with van der Waals surface area (Å²) in [6, 6.07) is 7.05. The van der Waals surface area contributed by atoms with Gasteiger partial charge in [0, 0.05) is 30.4 Å². The average Bonchev–Trinajstić information content (AvgIpc) is 3.00. The van der Waals surface area contributed by atoms with Gasteiger partial charge in [-0.25, -0.2) is 13.1 Å². The number of hydrogen-bond donors (Lipinski definition) is 3. The largest absolute Gasteiger partial charge is 0.355 e. The van der Waals surface area contributed by atoms with Crippen molar-refractivity contribution in [3.05, 3.63) is 29.8 Å². The standard InChI is InChI=1S/C19H32N4O2S2.HI/c1-18(2,3)23-27(24,25)16-10-7-6-9-15(16)13-21-17(20-5)22-14-19(4)11-8-12-26-19;/h6-7,9-10,23H,8,11-14H2,1-5H3,(H2,20,21,22);1H. The second-order valence-corrected chi connectivity index (χ2v) is 11.5. The van der Waals surface area contributed by atoms with Gasteiger partial charge in [0.15, 0.2) is 5.96 Å². The summed E-state index contributed by atoms with van der Waals surface area (Å²) < 4.78 is 28.4. The predicted octanol–water partition coefficient (Wildman–Crippen LogP) is 3.33. The molecule has 1 aromatic carbocycles. The molecule has 1 atom stereocenters. The van der Waals surface area contributed by atoms with E-state index in [0.717, 1.165) is 6.54 Å². The molecule has 0 bridgehead atoms. The van der Waals surface area contributed by atoms with Crippen LogP contribution in [-0.4, -0.2) is 44.0 Å². The fourth-order valence-electron chi connectivity index (χ4n) is 3.02. The second-order valence-electron chi connectivity index (χ2n) is 8.14. The smallest absolute Gasteiger partial charge is 0.241 e. The number of sulfonamides is 1. The Hall–Kier alpha value is -0.520. The Labute approximate surface area is 191 Å². The number of benzene rings is 1. The van der Waals surface area contributed by atoms with Crippen LogP contribution in [0.2, 0.25) is 0 Å². The van der Waals surface area contributed by atoms with Crippen LogP contribution in [0.1, 0.15) is 46.1 Å². The van der Waals surface area contributed by atoms with Crippen molar-refractivity contribution in [1.29, 1.82) is 0 Å². The van der Waals surface area contributed by atoms with E-state index in [-0.39, 0.29) is 28.7 Å². The molecule has 3 N–H and O–H groups in total. The lowest BCUT2D eigenvalue weighted by Gasteiger charge is -2.24. The van der Waals surface area contributed by atoms with E-state index in [1.54, 1.807) is 19.2 Å². The molecule has 1 aromatic rings. The van der Waals surface area contributed by atoms with Crippen LogP contribution in [0.15, 0.2) is 34.2 Å². The first kappa shape index (κ1) is 25.5. The molecule has 1 heterocycles. The topological polar surface area (TPSA) is 82.6 Å². The first-order valence-electron chi connectivity index (χ1n) is 9.25. The van der Waals surface area contributed by atoms with Gasteiger partial charge in [-0.2, -0.15) is 11.8 Å². The number of nitrogens with one attached hydrogen (secondary N) is 3. The Morgan fingerprint density at radius 2 is 1.93 bits per heavy atom. The predicted molar refractivity (Wildman–Crippen MR) is 130 cm³/mol. The summed E-state index contributed by atoms with van der Waals surface area (Å²) in [7, 11) is -1.87. The van der Waals surface area contributed by atoms with Crippen LogP contribution in [0.5, 0.6) is 0 Å². The minimum absolute atomic E-state index is 0. The Morgan fingerprint density at radius 1 is 1.25 bits per heavy atom. The SMILES string of the molecule is CN=C(NCc1ccccc1S(=O)(=O)NC(C)(C)C)NCC1(C)CCCS1.I. The summed E-state index contributed by atoms with van der Waals surface area (Å²) >= 11 is 1.99. The Kier molecular flexibility index (Phi) is 9.56. The van der Waals surface area contributed by atoms with Gasteiger partial charge in [-0.15, -0.1) is 24.0 Å². The molecule has 0 radical (unpaired) electrons. The summed E-state index contributed by atoms with van der Waals surface area (Å²) in [5.74, 6) is 1.88. The zero-order valence-electron chi connectivity index (χ0n) is 17.3. The van der Waals surface area contributed by atoms with Crippen molar-refractivity contribution in [2.45, 2.75) is 62.3 Å². The van der Waals surface area contributed by atoms with E-state index in [2.05, 4.69) is 27.3 Å². The Bertz CT molecular complexity index is 770. The number of nitrogens with zero attached hydrogens (tertiary/aromatic N) is 1. The molecule has 1 fully saturated rings. The minimum atomic E-state index is -3.59. The normalized spacial score (nSPS) is 20.5. The third-order valence-corrected chi connectivity index (χ3v) is 7.70. The van der Waals surface area contributed by atoms with Crippen molar-refractivity contribution in [2.24, 2.45) is 4.99 Å². The van der Waals surface area contributed by atoms with E-state index in [1.807, 2.05) is 44.7 Å². The number of aliphatic imine (C=N–C) groups is 1. The molecule has 0 saturated carbocycles. The van der Waals surface area contributed by atoms with Crippen molar-refractivity contribution in [1.82, 2.24) is 15.4 Å². The molecule has 1 unspecified atom stereocenters. The maximum atomic E-state index is 12.7. The first-order valence-corrected chi connectivity index (χ1v) is 11.7. The van der Waals surface area contributed by atoms with Gasteiger partial charge in [0.25, 0.3) is 0 Å². The maximum absolute atomic E-state index is 12.7. The lowest BCUT2D eigenvalue weighted by molar-refractivity contribution is 0.491. The number of rotatable bonds is 6. The van der Waals surface area contributed by atoms with Gasteiger partial charge < -0.3 is 10.6 Å². The number of guanidine groups is 1. The molecule has 0 aliphatic carbocycles. The van der Waals surface area contributed by atoms with Gasteiger partial charge in [-0.1, -0.05) is 18.2 Å². The molecule has 1 saturated heterocycles. The molecular formula is C19H33IN4O2S2. The van der Waals surface area contributed by atoms with E-state index in [0.29, 0.717) is 23.0 Å². The average molecular weight is 541 g/mol. The first-order chi connectivity index (χ1) is 12.5. The van der Waals surface area contributed by atoms with Gasteiger partial charge in [0.1, 0.15) is 0 Å². The van der Waals surface area contributed by atoms with E-state index in [4.69, 9.17) is 0 Å². The third kappa shape index (κ3) is 7.72. The fourth-order valence-corrected chi connectivity index (χ4v) is 5.92. The highest BCUT2D eigenvalue weighted by molar-refractivity contribution is 14.0. The molecular weight excluding hydrogens is 507 g/mol. The minimum Gasteiger partial charge on any atom is -0.355 e. The van der Waals surface area contributed by atoms with E-state index in [1.165, 1.54) is 18.6 Å². The zero-order chi connectivity index (χ0) is 20.1. The summed E-state index contributed by atoms with van der Waals surface area (Å²) in [6.45, 7) is 8.98. The van der Waals surface area contributed by atoms with Crippen LogP contribution in [0.25, 0.3) is 0 Å². The molecule has 0 amide bonds. The molecule has 2 rings (SSSR count). The van der Waals surface area contributed by atoms with Gasteiger partial charge in [-0.05, 0) is 57.9 Å². The highest BCUT2D eigenvalue weighted by Crippen LogP contribution is 2.36. The number of hydrogen-bond acceptors (Lipinski definition) is 4. The molecule has 160 valence electrons. The van der Waals surface area contributed by atoms with Gasteiger partial charge in [0.2, 0.25) is 10.0 Å². The Balaban J connectivity index is 0.00000392. The van der Waals surface area contributed by atoms with Crippen LogP contribution >= 0.6 is 35.7 Å². The molecule has 1 aliphatic heterocycles. The third-order valence-electron chi connectivity index (χ3n) is 4.30. The summed E-state index contributed by atoms with van der Waals surface area (Å²) in [6.07, 6.45) is 2.45. The van der Waals surface area contributed by atoms with Crippen LogP contribution < -0.4 is 15.4 Å². The van der Waals surface area contributed by atoms with E-state index >= 15 is 0 Å². The maximum Gasteiger partial charge on any atom is 0.241 e. The summed E-state index contributed by atoms with van der Waals surface area (Å²) in [5, 5.41) is 6.61. The highest BCUT2D eigenvalue weighted by atomic mass is 127. The van der Waals surface area contributed by atoms with Gasteiger partial charge in [-0.3, -0.25) is 4.99 Å². The van der Waals surface area contributed by atoms with E-state index < -0.39 is 15.6 Å². The quantitative estimate of drug-likeness (QED) is 0.293. The summed E-state index contributed by atoms with van der Waals surface area (Å²) in [5.41, 5.74) is 0.171. The van der Waals surface area contributed by atoms with E-state index in [9.17, 15) is 8.42 Å². The zero-order valence-corrected chi connectivity index (χ0v) is 21.3. The summed E-state index contributed by atoms with van der Waals surface area (Å²) in [4.78, 5) is 4.56. The van der Waals surface area contributed by atoms with Crippen molar-refractivity contribution >= 4 is 51.7 Å². The fraction of sp³-hybridized carbons (Fsp3) is 0.632. The van der Waals surface area contributed by atoms with Crippen LogP contribution in [-0.2, 0) is 16.6 Å². The van der Waals surface area contributed by atoms with Crippen LogP contribution in [0.3, 0.4) is 0 Å². The van der Waals surface area contributed by atoms with Crippen molar-refractivity contribution < 1.29 is 8.42 Å². The number of thioether (sulfide) groups is 1. The van der Waals surface area contributed by atoms with Gasteiger partial charge in [0.05, 0.1) is 4.90 Å². The Morgan fingerprint density at radius 3 is 2.50 bits per heavy atom. The van der Waals surface area contributed by atoms with Crippen LogP contribution in [0.4, 0.5) is 0 Å². The molecule has 1 aliphatic rings. The van der Waals surface area contributed by atoms with Crippen molar-refractivity contribution in [3.8, 4) is 0 Å². The molecule has 28 heavy (non-hydrogen) atoms. The van der Waals surface area contributed by atoms with Gasteiger partial charge >= 0.3 is 0 Å². The number of halogens is 1.